The van der Waals surface area contributed by atoms with E-state index < -0.39 is 27.1 Å². The molecule has 2 aromatic rings. The van der Waals surface area contributed by atoms with E-state index in [2.05, 4.69) is 4.98 Å². The fraction of sp³-hybridized carbons (Fsp3) is 0.364. The molecule has 9 heteroatoms. The zero-order valence-corrected chi connectivity index (χ0v) is 17.2. The quantitative estimate of drug-likeness (QED) is 0.741. The molecule has 0 amide bonds. The van der Waals surface area contributed by atoms with Crippen molar-refractivity contribution in [3.8, 4) is 0 Å². The summed E-state index contributed by atoms with van der Waals surface area (Å²) in [4.78, 5) is 26.2. The lowest BCUT2D eigenvalue weighted by atomic mass is 9.96. The highest BCUT2D eigenvalue weighted by Gasteiger charge is 2.37. The number of Topliss-reactive ketones (excluding diaryl/α,β-unsaturated/α-hetero) is 1. The minimum absolute atomic E-state index is 0.104. The van der Waals surface area contributed by atoms with Gasteiger partial charge >= 0.3 is 6.18 Å². The van der Waals surface area contributed by atoms with Crippen LogP contribution in [0.2, 0.25) is 0 Å². The van der Waals surface area contributed by atoms with Crippen molar-refractivity contribution in [1.29, 1.82) is 0 Å². The third-order valence-corrected chi connectivity index (χ3v) is 7.93. The van der Waals surface area contributed by atoms with E-state index in [1.54, 1.807) is 18.2 Å². The van der Waals surface area contributed by atoms with E-state index in [1.807, 2.05) is 0 Å². The van der Waals surface area contributed by atoms with Crippen molar-refractivity contribution in [3.63, 3.8) is 0 Å². The predicted octanol–water partition coefficient (Wildman–Crippen LogP) is 4.13. The summed E-state index contributed by atoms with van der Waals surface area (Å²) in [5.41, 5.74) is -1.37. The van der Waals surface area contributed by atoms with Crippen LogP contribution in [-0.4, -0.2) is 24.4 Å². The average Bonchev–Trinajstić information content (AvgIpc) is 3.48. The molecule has 5 nitrogen and oxygen atoms in total. The normalized spacial score (nSPS) is 20.3. The third-order valence-electron chi connectivity index (χ3n) is 5.65. The summed E-state index contributed by atoms with van der Waals surface area (Å²) in [6.45, 7) is 0. The first-order chi connectivity index (χ1) is 14.6. The molecule has 1 atom stereocenters. The van der Waals surface area contributed by atoms with Crippen molar-refractivity contribution in [3.05, 3.63) is 69.6 Å². The Morgan fingerprint density at radius 1 is 1.00 bits per heavy atom. The predicted molar refractivity (Wildman–Crippen MR) is 108 cm³/mol. The SMILES string of the molecule is O=C1CC[C@H](/C=C(\c2ccc(S(=O)(=O)C3CC3)cc2)c2ccc(C(F)(F)F)c(=O)[nH]2)C1. The van der Waals surface area contributed by atoms with E-state index in [1.165, 1.54) is 18.2 Å². The topological polar surface area (TPSA) is 84.1 Å². The van der Waals surface area contributed by atoms with Crippen molar-refractivity contribution in [2.24, 2.45) is 5.92 Å². The van der Waals surface area contributed by atoms with Crippen LogP contribution in [0, 0.1) is 5.92 Å². The number of aromatic nitrogens is 1. The number of hydrogen-bond acceptors (Lipinski definition) is 4. The molecule has 31 heavy (non-hydrogen) atoms. The number of benzene rings is 1. The van der Waals surface area contributed by atoms with Gasteiger partial charge in [-0.3, -0.25) is 9.59 Å². The van der Waals surface area contributed by atoms with Gasteiger partial charge in [-0.05, 0) is 55.0 Å². The molecule has 0 radical (unpaired) electrons. The van der Waals surface area contributed by atoms with Crippen LogP contribution in [0.15, 0.2) is 52.2 Å². The standard InChI is InChI=1S/C22H20F3NO4S/c23-22(24,25)19-9-10-20(26-21(19)28)18(12-13-1-4-15(27)11-13)14-2-5-16(6-3-14)31(29,30)17-7-8-17/h2-3,5-6,9-10,12-13,17H,1,4,7-8,11H2,(H,26,28)/b18-12+/t13-/m0/s1. The number of carbonyl (C=O) groups is 1. The Bertz CT molecular complexity index is 1210. The highest BCUT2D eigenvalue weighted by atomic mass is 32.2. The molecule has 1 N–H and O–H groups in total. The maximum Gasteiger partial charge on any atom is 0.421 e. The van der Waals surface area contributed by atoms with Crippen LogP contribution in [-0.2, 0) is 20.8 Å². The molecule has 4 rings (SSSR count). The van der Waals surface area contributed by atoms with Gasteiger partial charge in [0.25, 0.3) is 5.56 Å². The lowest BCUT2D eigenvalue weighted by Crippen LogP contribution is -2.22. The van der Waals surface area contributed by atoms with Gasteiger partial charge in [-0.15, -0.1) is 0 Å². The lowest BCUT2D eigenvalue weighted by Gasteiger charge is -2.13. The number of H-pyrrole nitrogens is 1. The summed E-state index contributed by atoms with van der Waals surface area (Å²) < 4.78 is 63.8. The van der Waals surface area contributed by atoms with Crippen LogP contribution < -0.4 is 5.56 Å². The number of sulfone groups is 1. The molecule has 1 heterocycles. The van der Waals surface area contributed by atoms with Crippen LogP contribution in [0.25, 0.3) is 5.57 Å². The van der Waals surface area contributed by atoms with Gasteiger partial charge in [0, 0.05) is 24.1 Å². The Hall–Kier alpha value is -2.68. The molecule has 1 aromatic heterocycles. The van der Waals surface area contributed by atoms with Gasteiger partial charge < -0.3 is 4.98 Å². The lowest BCUT2D eigenvalue weighted by molar-refractivity contribution is -0.138. The summed E-state index contributed by atoms with van der Waals surface area (Å²) in [5, 5.41) is -0.357. The molecule has 164 valence electrons. The maximum absolute atomic E-state index is 13.0. The van der Waals surface area contributed by atoms with Crippen LogP contribution >= 0.6 is 0 Å². The zero-order valence-electron chi connectivity index (χ0n) is 16.4. The van der Waals surface area contributed by atoms with Gasteiger partial charge in [-0.1, -0.05) is 18.2 Å². The third kappa shape index (κ3) is 4.51. The van der Waals surface area contributed by atoms with Crippen LogP contribution in [0.3, 0.4) is 0 Å². The molecule has 0 aliphatic heterocycles. The Labute approximate surface area is 176 Å². The van der Waals surface area contributed by atoms with Gasteiger partial charge in [0.05, 0.1) is 10.1 Å². The maximum atomic E-state index is 13.0. The summed E-state index contributed by atoms with van der Waals surface area (Å²) in [6, 6.07) is 8.01. The van der Waals surface area contributed by atoms with Crippen molar-refractivity contribution >= 4 is 21.2 Å². The highest BCUT2D eigenvalue weighted by Crippen LogP contribution is 2.35. The number of halogens is 3. The summed E-state index contributed by atoms with van der Waals surface area (Å²) in [6.07, 6.45) is -0.365. The average molecular weight is 451 g/mol. The largest absolute Gasteiger partial charge is 0.421 e. The van der Waals surface area contributed by atoms with Crippen molar-refractivity contribution in [1.82, 2.24) is 4.98 Å². The van der Waals surface area contributed by atoms with Gasteiger partial charge in [-0.2, -0.15) is 13.2 Å². The second kappa shape index (κ2) is 7.78. The number of carbonyl (C=O) groups excluding carboxylic acids is 1. The molecule has 2 saturated carbocycles. The van der Waals surface area contributed by atoms with E-state index in [0.29, 0.717) is 43.2 Å². The fourth-order valence-electron chi connectivity index (χ4n) is 3.81. The van der Waals surface area contributed by atoms with E-state index in [0.717, 1.165) is 6.07 Å². The molecule has 1 aromatic carbocycles. The van der Waals surface area contributed by atoms with Crippen molar-refractivity contribution in [2.75, 3.05) is 0 Å². The summed E-state index contributed by atoms with van der Waals surface area (Å²) in [7, 11) is -3.38. The van der Waals surface area contributed by atoms with Crippen molar-refractivity contribution in [2.45, 2.75) is 48.4 Å². The molecular weight excluding hydrogens is 431 g/mol. The Morgan fingerprint density at radius 2 is 1.68 bits per heavy atom. The molecule has 0 spiro atoms. The number of hydrogen-bond donors (Lipinski definition) is 1. The summed E-state index contributed by atoms with van der Waals surface area (Å²) >= 11 is 0. The monoisotopic (exact) mass is 451 g/mol. The Kier molecular flexibility index (Phi) is 5.41. The minimum atomic E-state index is -4.77. The minimum Gasteiger partial charge on any atom is -0.321 e. The van der Waals surface area contributed by atoms with Crippen LogP contribution in [0.5, 0.6) is 0 Å². The molecule has 2 aliphatic rings. The molecule has 2 aliphatic carbocycles. The van der Waals surface area contributed by atoms with E-state index in [-0.39, 0.29) is 27.5 Å². The number of ketones is 1. The van der Waals surface area contributed by atoms with Gasteiger partial charge in [0.2, 0.25) is 0 Å². The molecule has 0 saturated heterocycles. The number of allylic oxidation sites excluding steroid dienone is 1. The second-order valence-electron chi connectivity index (χ2n) is 8.00. The number of pyridine rings is 1. The first-order valence-corrected chi connectivity index (χ1v) is 11.5. The van der Waals surface area contributed by atoms with Crippen LogP contribution in [0.1, 0.15) is 48.9 Å². The zero-order chi connectivity index (χ0) is 22.4. The summed E-state index contributed by atoms with van der Waals surface area (Å²) in [5.74, 6) is -0.00412. The molecule has 0 unspecified atom stereocenters. The van der Waals surface area contributed by atoms with E-state index >= 15 is 0 Å². The number of aromatic amines is 1. The van der Waals surface area contributed by atoms with Crippen LogP contribution in [0.4, 0.5) is 13.2 Å². The van der Waals surface area contributed by atoms with Gasteiger partial charge in [0.15, 0.2) is 9.84 Å². The highest BCUT2D eigenvalue weighted by molar-refractivity contribution is 7.92. The number of nitrogens with one attached hydrogen (secondary N) is 1. The van der Waals surface area contributed by atoms with E-state index in [4.69, 9.17) is 0 Å². The smallest absolute Gasteiger partial charge is 0.321 e. The molecule has 2 fully saturated rings. The second-order valence-corrected chi connectivity index (χ2v) is 10.2. The van der Waals surface area contributed by atoms with Gasteiger partial charge in [-0.25, -0.2) is 8.42 Å². The Balaban J connectivity index is 1.75. The van der Waals surface area contributed by atoms with E-state index in [9.17, 15) is 31.2 Å². The number of alkyl halides is 3. The number of rotatable bonds is 5. The van der Waals surface area contributed by atoms with Crippen molar-refractivity contribution < 1.29 is 26.4 Å². The molecular formula is C22H20F3NO4S. The van der Waals surface area contributed by atoms with Gasteiger partial charge in [0.1, 0.15) is 11.3 Å². The first kappa shape index (κ1) is 21.5. The first-order valence-electron chi connectivity index (χ1n) is 9.94. The Morgan fingerprint density at radius 3 is 2.19 bits per heavy atom. The fourth-order valence-corrected chi connectivity index (χ4v) is 5.47. The molecule has 0 bridgehead atoms.